The molecule has 4 aliphatic rings. The van der Waals surface area contributed by atoms with Crippen LogP contribution in [0, 0.1) is 18.8 Å². The van der Waals surface area contributed by atoms with Gasteiger partial charge in [0.05, 0.1) is 35.7 Å². The minimum Gasteiger partial charge on any atom is -0.496 e. The van der Waals surface area contributed by atoms with E-state index in [1.165, 1.54) is 11.3 Å². The Hall–Kier alpha value is -3.82. The zero-order chi connectivity index (χ0) is 38.1. The van der Waals surface area contributed by atoms with Crippen LogP contribution in [0.3, 0.4) is 0 Å². The number of thiazole rings is 1. The average molecular weight is 767 g/mol. The van der Waals surface area contributed by atoms with Crippen molar-refractivity contribution >= 4 is 50.0 Å². The number of methoxy groups -OCH3 is 1. The lowest BCUT2D eigenvalue weighted by molar-refractivity contribution is -0.152. The van der Waals surface area contributed by atoms with Gasteiger partial charge in [0.1, 0.15) is 39.9 Å². The molecule has 0 unspecified atom stereocenters. The normalized spacial score (nSPS) is 27.3. The zero-order valence-electron chi connectivity index (χ0n) is 31.6. The molecule has 2 saturated carbocycles. The van der Waals surface area contributed by atoms with Gasteiger partial charge in [-0.25, -0.2) is 18.4 Å². The summed E-state index contributed by atoms with van der Waals surface area (Å²) in [5.74, 6) is -0.119. The van der Waals surface area contributed by atoms with E-state index in [0.717, 1.165) is 21.7 Å². The number of hydrogen-bond donors (Lipinski definition) is 2. The Labute approximate surface area is 315 Å². The van der Waals surface area contributed by atoms with E-state index in [1.807, 2.05) is 63.2 Å². The summed E-state index contributed by atoms with van der Waals surface area (Å²) >= 11 is 1.51. The Morgan fingerprint density at radius 3 is 2.47 bits per heavy atom. The Morgan fingerprint density at radius 2 is 1.87 bits per heavy atom. The molecule has 4 heterocycles. The third-order valence-corrected chi connectivity index (χ3v) is 14.2. The molecule has 53 heavy (non-hydrogen) atoms. The summed E-state index contributed by atoms with van der Waals surface area (Å²) in [6.45, 7) is 12.5. The monoisotopic (exact) mass is 766 g/mol. The van der Waals surface area contributed by atoms with Gasteiger partial charge in [-0.05, 0) is 63.1 Å². The van der Waals surface area contributed by atoms with Gasteiger partial charge in [0.15, 0.2) is 0 Å². The maximum atomic E-state index is 14.4. The van der Waals surface area contributed by atoms with Crippen LogP contribution in [0.15, 0.2) is 23.6 Å². The third-order valence-electron chi connectivity index (χ3n) is 11.5. The van der Waals surface area contributed by atoms with Crippen molar-refractivity contribution in [3.8, 4) is 22.2 Å². The molecule has 286 valence electrons. The van der Waals surface area contributed by atoms with Crippen LogP contribution in [0.5, 0.6) is 11.5 Å². The molecule has 4 fully saturated rings. The Bertz CT molecular complexity index is 2060. The largest absolute Gasteiger partial charge is 0.496 e. The van der Waals surface area contributed by atoms with E-state index in [0.29, 0.717) is 54.9 Å². The number of fused-ring (bicyclic) bond motifs is 2. The predicted molar refractivity (Wildman–Crippen MR) is 202 cm³/mol. The van der Waals surface area contributed by atoms with Crippen molar-refractivity contribution in [3.05, 3.63) is 34.8 Å². The maximum absolute atomic E-state index is 14.4. The van der Waals surface area contributed by atoms with E-state index in [9.17, 15) is 22.8 Å². The number of sulfonamides is 1. The van der Waals surface area contributed by atoms with Gasteiger partial charge < -0.3 is 19.7 Å². The molecule has 2 aromatic heterocycles. The van der Waals surface area contributed by atoms with Crippen molar-refractivity contribution in [2.45, 2.75) is 115 Å². The number of aryl methyl sites for hydroxylation is 1. The molecule has 2 aliphatic carbocycles. The average Bonchev–Trinajstić information content (AvgIpc) is 3.99. The molecule has 7 rings (SSSR count). The summed E-state index contributed by atoms with van der Waals surface area (Å²) in [5.41, 5.74) is 1.81. The van der Waals surface area contributed by atoms with Crippen LogP contribution in [0.2, 0.25) is 0 Å². The summed E-state index contributed by atoms with van der Waals surface area (Å²) < 4.78 is 40.4. The number of rotatable bonds is 12. The number of nitrogens with one attached hydrogen (secondary N) is 2. The van der Waals surface area contributed by atoms with E-state index in [1.54, 1.807) is 12.0 Å². The molecule has 3 amide bonds. The third kappa shape index (κ3) is 6.66. The Morgan fingerprint density at radius 1 is 1.13 bits per heavy atom. The molecule has 1 aromatic carbocycles. The van der Waals surface area contributed by atoms with Crippen LogP contribution < -0.4 is 19.5 Å². The van der Waals surface area contributed by atoms with Crippen LogP contribution in [0.4, 0.5) is 0 Å². The van der Waals surface area contributed by atoms with E-state index in [-0.39, 0.29) is 30.1 Å². The highest BCUT2D eigenvalue weighted by molar-refractivity contribution is 7.91. The number of nitrogens with zero attached hydrogens (tertiary/aromatic N) is 4. The fraction of sp³-hybridized carbons (Fsp3) is 0.605. The van der Waals surface area contributed by atoms with E-state index in [4.69, 9.17) is 19.4 Å². The number of benzene rings is 1. The van der Waals surface area contributed by atoms with Crippen LogP contribution >= 0.6 is 11.3 Å². The number of hydrogen-bond acceptors (Lipinski definition) is 11. The topological polar surface area (TPSA) is 160 Å². The summed E-state index contributed by atoms with van der Waals surface area (Å²) in [5, 5.41) is 5.94. The van der Waals surface area contributed by atoms with Gasteiger partial charge in [0, 0.05) is 35.4 Å². The summed E-state index contributed by atoms with van der Waals surface area (Å²) in [4.78, 5) is 56.0. The lowest BCUT2D eigenvalue weighted by Gasteiger charge is -2.45. The van der Waals surface area contributed by atoms with Crippen LogP contribution in [-0.2, 0) is 24.4 Å². The van der Waals surface area contributed by atoms with Crippen molar-refractivity contribution in [2.24, 2.45) is 11.8 Å². The number of pyridine rings is 1. The lowest BCUT2D eigenvalue weighted by atomic mass is 9.96. The lowest BCUT2D eigenvalue weighted by Crippen LogP contribution is -2.65. The second-order valence-corrected chi connectivity index (χ2v) is 18.6. The van der Waals surface area contributed by atoms with Crippen LogP contribution in [-0.4, -0.2) is 102 Å². The van der Waals surface area contributed by atoms with Crippen molar-refractivity contribution in [2.75, 3.05) is 20.7 Å². The fourth-order valence-corrected chi connectivity index (χ4v) is 10.6. The van der Waals surface area contributed by atoms with Crippen molar-refractivity contribution < 1.29 is 32.3 Å². The number of piperazine rings is 1. The number of carbonyl (C=O) groups is 3. The molecular weight excluding hydrogens is 717 g/mol. The molecule has 15 heteroatoms. The van der Waals surface area contributed by atoms with E-state index in [2.05, 4.69) is 23.9 Å². The van der Waals surface area contributed by atoms with Gasteiger partial charge in [-0.1, -0.05) is 41.0 Å². The minimum absolute atomic E-state index is 0.0199. The molecule has 0 radical (unpaired) electrons. The minimum atomic E-state index is -3.82. The molecule has 3 aromatic rings. The molecule has 0 spiro atoms. The maximum Gasteiger partial charge on any atom is 0.259 e. The standard InChI is InChI=1S/C38H50N6O7S2/c1-9-22-16-38(22,37(47)42-53(48,49)23-10-11-23)41-34(45)27-15-31(28-17-43(7)33(20(4)5)36(46)44(27)28)51-30-14-25(35-40-26(18-52-35)19(2)3)39-32-21(6)29(50-8)13-12-24(30)32/h12-14,18-20,22-23,27-28,31,33H,9-11,15-17H2,1-8H3,(H,41,45)(H,42,47)/t22-,27+,28-,31-,33-,38-/m1/s1. The van der Waals surface area contributed by atoms with Crippen molar-refractivity contribution in [1.29, 1.82) is 0 Å². The Balaban J connectivity index is 1.24. The van der Waals surface area contributed by atoms with Gasteiger partial charge in [-0.3, -0.25) is 24.0 Å². The molecular formula is C38H50N6O7S2. The second-order valence-electron chi connectivity index (χ2n) is 15.8. The summed E-state index contributed by atoms with van der Waals surface area (Å²) in [6, 6.07) is 3.82. The summed E-state index contributed by atoms with van der Waals surface area (Å²) in [6.07, 6.45) is 1.52. The highest BCUT2D eigenvalue weighted by atomic mass is 32.2. The first-order chi connectivity index (χ1) is 25.1. The van der Waals surface area contributed by atoms with Crippen molar-refractivity contribution in [3.63, 3.8) is 0 Å². The molecule has 0 bridgehead atoms. The first-order valence-corrected chi connectivity index (χ1v) is 21.0. The van der Waals surface area contributed by atoms with E-state index < -0.39 is 56.9 Å². The van der Waals surface area contributed by atoms with E-state index >= 15 is 0 Å². The molecule has 2 saturated heterocycles. The Kier molecular flexibility index (Phi) is 9.76. The highest BCUT2D eigenvalue weighted by Gasteiger charge is 2.63. The van der Waals surface area contributed by atoms with Crippen LogP contribution in [0.1, 0.15) is 83.9 Å². The van der Waals surface area contributed by atoms with Gasteiger partial charge in [0.25, 0.3) is 5.91 Å². The van der Waals surface area contributed by atoms with Gasteiger partial charge in [-0.15, -0.1) is 11.3 Å². The van der Waals surface area contributed by atoms with Gasteiger partial charge >= 0.3 is 0 Å². The first kappa shape index (κ1) is 37.5. The first-order valence-electron chi connectivity index (χ1n) is 18.6. The smallest absolute Gasteiger partial charge is 0.259 e. The quantitative estimate of drug-likeness (QED) is 0.271. The second kappa shape index (κ2) is 13.8. The van der Waals surface area contributed by atoms with Gasteiger partial charge in [0.2, 0.25) is 21.8 Å². The molecule has 2 aliphatic heterocycles. The zero-order valence-corrected chi connectivity index (χ0v) is 33.3. The number of ether oxygens (including phenoxy) is 2. The number of aromatic nitrogens is 2. The number of amides is 3. The summed E-state index contributed by atoms with van der Waals surface area (Å²) in [7, 11) is -0.279. The van der Waals surface area contributed by atoms with Crippen LogP contribution in [0.25, 0.3) is 21.6 Å². The molecule has 6 atom stereocenters. The molecule has 2 N–H and O–H groups in total. The molecule has 13 nitrogen and oxygen atoms in total. The predicted octanol–water partition coefficient (Wildman–Crippen LogP) is 4.38. The number of carbonyl (C=O) groups excluding carboxylic acids is 3. The highest BCUT2D eigenvalue weighted by Crippen LogP contribution is 2.47. The number of likely N-dealkylation sites (N-methyl/N-ethyl adjacent to an activating group) is 1. The fourth-order valence-electron chi connectivity index (χ4n) is 8.26. The van der Waals surface area contributed by atoms with Crippen molar-refractivity contribution in [1.82, 2.24) is 29.8 Å². The van der Waals surface area contributed by atoms with Gasteiger partial charge in [-0.2, -0.15) is 0 Å². The SMILES string of the molecule is CC[C@@H]1C[C@]1(NC(=O)[C@@H]1C[C@@H](Oc2cc(-c3nc(C(C)C)cs3)nc3c(C)c(OC)ccc23)[C@H]2CN(C)[C@H](C(C)C)C(=O)N21)C(=O)NS(=O)(=O)C1CC1.